The Bertz CT molecular complexity index is 913. The van der Waals surface area contributed by atoms with Crippen LogP contribution in [0, 0.1) is 18.6 Å². The summed E-state index contributed by atoms with van der Waals surface area (Å²) in [5, 5.41) is 6.30. The van der Waals surface area contributed by atoms with E-state index < -0.39 is 11.6 Å². The molecule has 0 aliphatic heterocycles. The lowest BCUT2D eigenvalue weighted by atomic mass is 9.95. The summed E-state index contributed by atoms with van der Waals surface area (Å²) in [6, 6.07) is 21.0. The predicted octanol–water partition coefficient (Wildman–Crippen LogP) is 5.35. The molecule has 3 aromatic carbocycles. The summed E-state index contributed by atoms with van der Waals surface area (Å²) in [5.74, 6) is -1.32. The third kappa shape index (κ3) is 4.24. The molecule has 0 radical (unpaired) electrons. The Morgan fingerprint density at radius 2 is 1.62 bits per heavy atom. The van der Waals surface area contributed by atoms with Crippen LogP contribution in [0.15, 0.2) is 72.8 Å². The topological polar surface area (TPSA) is 24.1 Å². The van der Waals surface area contributed by atoms with Crippen LogP contribution >= 0.6 is 12.2 Å². The van der Waals surface area contributed by atoms with E-state index in [1.165, 1.54) is 12.1 Å². The molecule has 0 amide bonds. The molecular formula is C21H18F2N2S. The zero-order valence-electron chi connectivity index (χ0n) is 14.2. The Morgan fingerprint density at radius 3 is 2.31 bits per heavy atom. The standard InChI is InChI=1S/C21H18F2N2S/c1-14-7-5-6-10-17(14)20(15-8-3-2-4-9-15)25-21(26)24-19-12-11-16(22)13-18(19)23/h2-13,20H,1H3,(H2,24,25,26)/t20-/m0/s1. The van der Waals surface area contributed by atoms with Crippen molar-refractivity contribution in [1.82, 2.24) is 5.32 Å². The Labute approximate surface area is 156 Å². The van der Waals surface area contributed by atoms with Gasteiger partial charge in [0.1, 0.15) is 11.6 Å². The minimum Gasteiger partial charge on any atom is -0.352 e. The first kappa shape index (κ1) is 18.0. The first-order valence-corrected chi connectivity index (χ1v) is 8.58. The lowest BCUT2D eigenvalue weighted by Gasteiger charge is -2.23. The van der Waals surface area contributed by atoms with Gasteiger partial charge in [-0.15, -0.1) is 0 Å². The zero-order valence-corrected chi connectivity index (χ0v) is 15.0. The molecule has 3 aromatic rings. The average molecular weight is 368 g/mol. The first-order chi connectivity index (χ1) is 12.5. The molecule has 0 aliphatic carbocycles. The van der Waals surface area contributed by atoms with Gasteiger partial charge in [0, 0.05) is 6.07 Å². The van der Waals surface area contributed by atoms with Crippen LogP contribution in [0.4, 0.5) is 14.5 Å². The van der Waals surface area contributed by atoms with E-state index in [0.29, 0.717) is 0 Å². The van der Waals surface area contributed by atoms with Gasteiger partial charge in [0.25, 0.3) is 0 Å². The summed E-state index contributed by atoms with van der Waals surface area (Å²) in [7, 11) is 0. The van der Waals surface area contributed by atoms with Crippen LogP contribution in [0.25, 0.3) is 0 Å². The lowest BCUT2D eigenvalue weighted by Crippen LogP contribution is -2.33. The molecule has 0 saturated heterocycles. The minimum absolute atomic E-state index is 0.125. The highest BCUT2D eigenvalue weighted by Crippen LogP contribution is 2.25. The van der Waals surface area contributed by atoms with Crippen molar-refractivity contribution < 1.29 is 8.78 Å². The Kier molecular flexibility index (Phi) is 5.58. The molecule has 0 aromatic heterocycles. The summed E-state index contributed by atoms with van der Waals surface area (Å²) in [6.07, 6.45) is 0. The summed E-state index contributed by atoms with van der Waals surface area (Å²) >= 11 is 5.37. The molecule has 0 aliphatic rings. The van der Waals surface area contributed by atoms with E-state index in [2.05, 4.69) is 10.6 Å². The Balaban J connectivity index is 1.86. The number of nitrogens with one attached hydrogen (secondary N) is 2. The van der Waals surface area contributed by atoms with Gasteiger partial charge >= 0.3 is 0 Å². The number of benzene rings is 3. The number of anilines is 1. The second-order valence-electron chi connectivity index (χ2n) is 5.92. The first-order valence-electron chi connectivity index (χ1n) is 8.17. The van der Waals surface area contributed by atoms with E-state index in [4.69, 9.17) is 12.2 Å². The minimum atomic E-state index is -0.693. The van der Waals surface area contributed by atoms with E-state index in [1.807, 2.05) is 61.5 Å². The Morgan fingerprint density at radius 1 is 0.923 bits per heavy atom. The van der Waals surface area contributed by atoms with E-state index in [-0.39, 0.29) is 16.8 Å². The van der Waals surface area contributed by atoms with Gasteiger partial charge in [0.05, 0.1) is 11.7 Å². The number of rotatable bonds is 4. The molecule has 132 valence electrons. The van der Waals surface area contributed by atoms with E-state index in [9.17, 15) is 8.78 Å². The molecule has 0 fully saturated rings. The lowest BCUT2D eigenvalue weighted by molar-refractivity contribution is 0.586. The van der Waals surface area contributed by atoms with Crippen molar-refractivity contribution in [1.29, 1.82) is 0 Å². The van der Waals surface area contributed by atoms with Crippen LogP contribution < -0.4 is 10.6 Å². The van der Waals surface area contributed by atoms with Crippen molar-refractivity contribution in [2.75, 3.05) is 5.32 Å². The Hall–Kier alpha value is -2.79. The van der Waals surface area contributed by atoms with Crippen LogP contribution in [0.3, 0.4) is 0 Å². The van der Waals surface area contributed by atoms with E-state index >= 15 is 0 Å². The number of thiocarbonyl (C=S) groups is 1. The highest BCUT2D eigenvalue weighted by molar-refractivity contribution is 7.80. The van der Waals surface area contributed by atoms with Gasteiger partial charge in [0.15, 0.2) is 5.11 Å². The quantitative estimate of drug-likeness (QED) is 0.607. The molecule has 5 heteroatoms. The molecule has 2 nitrogen and oxygen atoms in total. The monoisotopic (exact) mass is 368 g/mol. The van der Waals surface area contributed by atoms with Crippen molar-refractivity contribution in [3.05, 3.63) is 101 Å². The summed E-state index contributed by atoms with van der Waals surface area (Å²) in [4.78, 5) is 0. The zero-order chi connectivity index (χ0) is 18.5. The smallest absolute Gasteiger partial charge is 0.171 e. The van der Waals surface area contributed by atoms with Crippen LogP contribution in [0.2, 0.25) is 0 Å². The number of hydrogen-bond donors (Lipinski definition) is 2. The van der Waals surface area contributed by atoms with Crippen LogP contribution in [-0.4, -0.2) is 5.11 Å². The van der Waals surface area contributed by atoms with Crippen molar-refractivity contribution >= 4 is 23.0 Å². The highest BCUT2D eigenvalue weighted by atomic mass is 32.1. The fourth-order valence-electron chi connectivity index (χ4n) is 2.78. The average Bonchev–Trinajstić information content (AvgIpc) is 2.63. The van der Waals surface area contributed by atoms with Crippen molar-refractivity contribution in [2.45, 2.75) is 13.0 Å². The van der Waals surface area contributed by atoms with Crippen molar-refractivity contribution in [2.24, 2.45) is 0 Å². The van der Waals surface area contributed by atoms with Gasteiger partial charge in [-0.3, -0.25) is 0 Å². The van der Waals surface area contributed by atoms with Gasteiger partial charge in [-0.25, -0.2) is 8.78 Å². The fourth-order valence-corrected chi connectivity index (χ4v) is 3.00. The molecule has 0 saturated carbocycles. The number of hydrogen-bond acceptors (Lipinski definition) is 1. The molecule has 0 spiro atoms. The van der Waals surface area contributed by atoms with Gasteiger partial charge in [-0.05, 0) is 48.0 Å². The molecule has 0 bridgehead atoms. The summed E-state index contributed by atoms with van der Waals surface area (Å²) in [6.45, 7) is 2.03. The fraction of sp³-hybridized carbons (Fsp3) is 0.0952. The SMILES string of the molecule is Cc1ccccc1[C@@H](NC(=S)Nc1ccc(F)cc1F)c1ccccc1. The largest absolute Gasteiger partial charge is 0.352 e. The van der Waals surface area contributed by atoms with Gasteiger partial charge in [-0.1, -0.05) is 54.6 Å². The number of halogens is 2. The van der Waals surface area contributed by atoms with Crippen molar-refractivity contribution in [3.8, 4) is 0 Å². The molecule has 0 unspecified atom stereocenters. The summed E-state index contributed by atoms with van der Waals surface area (Å²) < 4.78 is 26.9. The third-order valence-electron chi connectivity index (χ3n) is 4.09. The van der Waals surface area contributed by atoms with Gasteiger partial charge in [-0.2, -0.15) is 0 Å². The second kappa shape index (κ2) is 8.06. The van der Waals surface area contributed by atoms with Crippen LogP contribution in [-0.2, 0) is 0 Å². The number of aryl methyl sites for hydroxylation is 1. The molecule has 1 atom stereocenters. The van der Waals surface area contributed by atoms with Gasteiger partial charge in [0.2, 0.25) is 0 Å². The maximum Gasteiger partial charge on any atom is 0.171 e. The molecular weight excluding hydrogens is 350 g/mol. The predicted molar refractivity (Wildman–Crippen MR) is 105 cm³/mol. The second-order valence-corrected chi connectivity index (χ2v) is 6.33. The van der Waals surface area contributed by atoms with Gasteiger partial charge < -0.3 is 10.6 Å². The molecule has 0 heterocycles. The normalized spacial score (nSPS) is 11.7. The van der Waals surface area contributed by atoms with Crippen molar-refractivity contribution in [3.63, 3.8) is 0 Å². The molecule has 3 rings (SSSR count). The van der Waals surface area contributed by atoms with E-state index in [1.54, 1.807) is 0 Å². The molecule has 26 heavy (non-hydrogen) atoms. The summed E-state index contributed by atoms with van der Waals surface area (Å²) in [5.41, 5.74) is 3.35. The van der Waals surface area contributed by atoms with Crippen LogP contribution in [0.1, 0.15) is 22.7 Å². The van der Waals surface area contributed by atoms with E-state index in [0.717, 1.165) is 22.8 Å². The third-order valence-corrected chi connectivity index (χ3v) is 4.31. The molecule has 2 N–H and O–H groups in total. The maximum absolute atomic E-state index is 13.9. The highest BCUT2D eigenvalue weighted by Gasteiger charge is 2.17. The van der Waals surface area contributed by atoms with Crippen LogP contribution in [0.5, 0.6) is 0 Å². The maximum atomic E-state index is 13.9.